The summed E-state index contributed by atoms with van der Waals surface area (Å²) in [4.78, 5) is 23.9. The molecule has 130 valence electrons. The van der Waals surface area contributed by atoms with Gasteiger partial charge in [-0.05, 0) is 25.5 Å². The van der Waals surface area contributed by atoms with Crippen molar-refractivity contribution in [3.8, 4) is 0 Å². The van der Waals surface area contributed by atoms with Crippen LogP contribution >= 0.6 is 0 Å². The molecule has 0 spiro atoms. The molecule has 0 unspecified atom stereocenters. The van der Waals surface area contributed by atoms with Gasteiger partial charge in [-0.25, -0.2) is 9.97 Å². The summed E-state index contributed by atoms with van der Waals surface area (Å²) in [7, 11) is 0. The molecule has 0 saturated carbocycles. The maximum Gasteiger partial charge on any atom is 0.227 e. The van der Waals surface area contributed by atoms with Crippen molar-refractivity contribution in [2.45, 2.75) is 38.6 Å². The molecular formula is C20H24N4O. The Morgan fingerprint density at radius 2 is 2.16 bits per heavy atom. The summed E-state index contributed by atoms with van der Waals surface area (Å²) in [6.45, 7) is 5.45. The zero-order chi connectivity index (χ0) is 17.2. The fraction of sp³-hybridized carbons (Fsp3) is 0.450. The first-order valence-corrected chi connectivity index (χ1v) is 9.08. The fourth-order valence-electron chi connectivity index (χ4n) is 3.61. The average Bonchev–Trinajstić information content (AvgIpc) is 3.17. The van der Waals surface area contributed by atoms with E-state index >= 15 is 0 Å². The third-order valence-electron chi connectivity index (χ3n) is 5.21. The lowest BCUT2D eigenvalue weighted by Crippen LogP contribution is -2.37. The maximum absolute atomic E-state index is 12.6. The molecule has 0 aliphatic carbocycles. The van der Waals surface area contributed by atoms with E-state index in [1.165, 1.54) is 5.56 Å². The standard InChI is InChI=1S/C20H24N4O/c1-14-2-4-15(5-3-14)10-19(25)24-9-7-18-17(13-24)12-22-20(23-18)16-6-8-21-11-16/h2-5,12,16,21H,6-11,13H2,1H3/t16-/m1/s1. The van der Waals surface area contributed by atoms with Crippen LogP contribution in [0.1, 0.15) is 40.5 Å². The number of hydrogen-bond acceptors (Lipinski definition) is 4. The predicted octanol–water partition coefficient (Wildman–Crippen LogP) is 1.99. The Hall–Kier alpha value is -2.27. The second-order valence-corrected chi connectivity index (χ2v) is 7.12. The number of aryl methyl sites for hydroxylation is 1. The van der Waals surface area contributed by atoms with Crippen molar-refractivity contribution in [3.05, 3.63) is 58.7 Å². The molecule has 1 saturated heterocycles. The van der Waals surface area contributed by atoms with Crippen molar-refractivity contribution in [2.24, 2.45) is 0 Å². The van der Waals surface area contributed by atoms with E-state index in [-0.39, 0.29) is 5.91 Å². The predicted molar refractivity (Wildman–Crippen MR) is 96.3 cm³/mol. The SMILES string of the molecule is Cc1ccc(CC(=O)N2CCc3nc([C@@H]4CCNC4)ncc3C2)cc1. The number of aromatic nitrogens is 2. The molecule has 0 bridgehead atoms. The summed E-state index contributed by atoms with van der Waals surface area (Å²) in [6.07, 6.45) is 4.33. The van der Waals surface area contributed by atoms with E-state index in [2.05, 4.69) is 29.4 Å². The number of fused-ring (bicyclic) bond motifs is 1. The summed E-state index contributed by atoms with van der Waals surface area (Å²) >= 11 is 0. The smallest absolute Gasteiger partial charge is 0.227 e. The number of nitrogens with one attached hydrogen (secondary N) is 1. The number of hydrogen-bond donors (Lipinski definition) is 1. The highest BCUT2D eigenvalue weighted by Gasteiger charge is 2.25. The molecule has 5 nitrogen and oxygen atoms in total. The van der Waals surface area contributed by atoms with Crippen molar-refractivity contribution in [1.29, 1.82) is 0 Å². The lowest BCUT2D eigenvalue weighted by atomic mass is 10.0. The fourth-order valence-corrected chi connectivity index (χ4v) is 3.61. The molecule has 1 aromatic heterocycles. The molecule has 1 fully saturated rings. The van der Waals surface area contributed by atoms with Gasteiger partial charge in [0.2, 0.25) is 5.91 Å². The zero-order valence-corrected chi connectivity index (χ0v) is 14.7. The Labute approximate surface area is 148 Å². The van der Waals surface area contributed by atoms with Gasteiger partial charge in [-0.15, -0.1) is 0 Å². The molecule has 25 heavy (non-hydrogen) atoms. The van der Waals surface area contributed by atoms with Gasteiger partial charge in [-0.1, -0.05) is 29.8 Å². The molecule has 2 aliphatic heterocycles. The molecule has 1 aromatic carbocycles. The van der Waals surface area contributed by atoms with Crippen LogP contribution in [0.4, 0.5) is 0 Å². The van der Waals surface area contributed by atoms with Gasteiger partial charge in [0.05, 0.1) is 12.1 Å². The Morgan fingerprint density at radius 1 is 1.32 bits per heavy atom. The van der Waals surface area contributed by atoms with Crippen LogP contribution in [0.5, 0.6) is 0 Å². The van der Waals surface area contributed by atoms with E-state index in [4.69, 9.17) is 4.98 Å². The first-order chi connectivity index (χ1) is 12.2. The van der Waals surface area contributed by atoms with E-state index < -0.39 is 0 Å². The second-order valence-electron chi connectivity index (χ2n) is 7.12. The van der Waals surface area contributed by atoms with Crippen molar-refractivity contribution >= 4 is 5.91 Å². The van der Waals surface area contributed by atoms with Gasteiger partial charge in [0.1, 0.15) is 5.82 Å². The van der Waals surface area contributed by atoms with Crippen molar-refractivity contribution in [3.63, 3.8) is 0 Å². The van der Waals surface area contributed by atoms with Crippen LogP contribution in [0.2, 0.25) is 0 Å². The molecule has 1 N–H and O–H groups in total. The maximum atomic E-state index is 12.6. The summed E-state index contributed by atoms with van der Waals surface area (Å²) < 4.78 is 0. The Balaban J connectivity index is 1.43. The highest BCUT2D eigenvalue weighted by molar-refractivity contribution is 5.79. The van der Waals surface area contributed by atoms with Gasteiger partial charge in [0.25, 0.3) is 0 Å². The average molecular weight is 336 g/mol. The molecule has 2 aliphatic rings. The second kappa shape index (κ2) is 6.92. The number of nitrogens with zero attached hydrogens (tertiary/aromatic N) is 3. The number of carbonyl (C=O) groups is 1. The van der Waals surface area contributed by atoms with Crippen LogP contribution in [0, 0.1) is 6.92 Å². The van der Waals surface area contributed by atoms with E-state index in [0.29, 0.717) is 18.9 Å². The number of carbonyl (C=O) groups excluding carboxylic acids is 1. The first kappa shape index (κ1) is 16.2. The van der Waals surface area contributed by atoms with E-state index in [1.54, 1.807) is 0 Å². The van der Waals surface area contributed by atoms with Crippen LogP contribution in [-0.2, 0) is 24.2 Å². The number of amides is 1. The molecule has 1 atom stereocenters. The minimum Gasteiger partial charge on any atom is -0.338 e. The first-order valence-electron chi connectivity index (χ1n) is 9.08. The molecular weight excluding hydrogens is 312 g/mol. The van der Waals surface area contributed by atoms with Gasteiger partial charge < -0.3 is 10.2 Å². The minimum absolute atomic E-state index is 0.179. The topological polar surface area (TPSA) is 58.1 Å². The van der Waals surface area contributed by atoms with Crippen molar-refractivity contribution < 1.29 is 4.79 Å². The molecule has 2 aromatic rings. The summed E-state index contributed by atoms with van der Waals surface area (Å²) in [5.74, 6) is 1.58. The largest absolute Gasteiger partial charge is 0.338 e. The lowest BCUT2D eigenvalue weighted by Gasteiger charge is -2.28. The normalized spacial score (nSPS) is 19.7. The molecule has 5 heteroatoms. The molecule has 3 heterocycles. The van der Waals surface area contributed by atoms with Gasteiger partial charge in [0.15, 0.2) is 0 Å². The Morgan fingerprint density at radius 3 is 2.92 bits per heavy atom. The van der Waals surface area contributed by atoms with Crippen molar-refractivity contribution in [1.82, 2.24) is 20.2 Å². The van der Waals surface area contributed by atoms with Crippen LogP contribution in [0.3, 0.4) is 0 Å². The molecule has 4 rings (SSSR count). The van der Waals surface area contributed by atoms with Crippen LogP contribution in [0.25, 0.3) is 0 Å². The summed E-state index contributed by atoms with van der Waals surface area (Å²) in [5, 5.41) is 3.37. The van der Waals surface area contributed by atoms with E-state index in [1.807, 2.05) is 23.2 Å². The minimum atomic E-state index is 0.179. The van der Waals surface area contributed by atoms with Crippen LogP contribution in [-0.4, -0.2) is 40.4 Å². The van der Waals surface area contributed by atoms with Crippen molar-refractivity contribution in [2.75, 3.05) is 19.6 Å². The lowest BCUT2D eigenvalue weighted by molar-refractivity contribution is -0.131. The number of benzene rings is 1. The monoisotopic (exact) mass is 336 g/mol. The Kier molecular flexibility index (Phi) is 4.49. The third-order valence-corrected chi connectivity index (χ3v) is 5.21. The van der Waals surface area contributed by atoms with Crippen LogP contribution < -0.4 is 5.32 Å². The Bertz CT molecular complexity index is 766. The molecule has 1 amide bonds. The molecule has 0 radical (unpaired) electrons. The quantitative estimate of drug-likeness (QED) is 0.931. The third kappa shape index (κ3) is 3.56. The van der Waals surface area contributed by atoms with E-state index in [9.17, 15) is 4.79 Å². The summed E-state index contributed by atoms with van der Waals surface area (Å²) in [6, 6.07) is 8.19. The highest BCUT2D eigenvalue weighted by Crippen LogP contribution is 2.23. The highest BCUT2D eigenvalue weighted by atomic mass is 16.2. The van der Waals surface area contributed by atoms with Gasteiger partial charge in [-0.2, -0.15) is 0 Å². The van der Waals surface area contributed by atoms with E-state index in [0.717, 1.165) is 55.1 Å². The van der Waals surface area contributed by atoms with Crippen LogP contribution in [0.15, 0.2) is 30.5 Å². The number of rotatable bonds is 3. The van der Waals surface area contributed by atoms with Gasteiger partial charge >= 0.3 is 0 Å². The van der Waals surface area contributed by atoms with Gasteiger partial charge in [0, 0.05) is 43.7 Å². The summed E-state index contributed by atoms with van der Waals surface area (Å²) in [5.41, 5.74) is 4.50. The van der Waals surface area contributed by atoms with Gasteiger partial charge in [-0.3, -0.25) is 4.79 Å². The zero-order valence-electron chi connectivity index (χ0n) is 14.7.